The predicted octanol–water partition coefficient (Wildman–Crippen LogP) is 2.44. The van der Waals surface area contributed by atoms with Gasteiger partial charge < -0.3 is 9.64 Å². The SMILES string of the molecule is O=C1C(=O)N(Cc2ccc(F)cc2)c2ccc(S(=O)(=O)N3CCC[C@H]3COCc3cn(CF)nn3)cc21. The molecular formula is C24H23F2N5O5S. The summed E-state index contributed by atoms with van der Waals surface area (Å²) < 4.78 is 60.8. The van der Waals surface area contributed by atoms with Crippen LogP contribution < -0.4 is 4.90 Å². The number of alkyl halides is 1. The fourth-order valence-electron chi connectivity index (χ4n) is 4.56. The molecule has 2 aliphatic heterocycles. The molecule has 2 aromatic carbocycles. The van der Waals surface area contributed by atoms with Crippen molar-refractivity contribution in [1.29, 1.82) is 0 Å². The Labute approximate surface area is 211 Å². The van der Waals surface area contributed by atoms with E-state index in [1.807, 2.05) is 0 Å². The Morgan fingerprint density at radius 1 is 1.11 bits per heavy atom. The molecule has 0 unspecified atom stereocenters. The van der Waals surface area contributed by atoms with E-state index >= 15 is 0 Å². The van der Waals surface area contributed by atoms with Crippen LogP contribution in [0.3, 0.4) is 0 Å². The lowest BCUT2D eigenvalue weighted by Gasteiger charge is -2.24. The molecule has 37 heavy (non-hydrogen) atoms. The third kappa shape index (κ3) is 4.89. The minimum absolute atomic E-state index is 0.0103. The Morgan fingerprint density at radius 2 is 1.89 bits per heavy atom. The van der Waals surface area contributed by atoms with Gasteiger partial charge in [-0.2, -0.15) is 4.31 Å². The number of halogens is 2. The summed E-state index contributed by atoms with van der Waals surface area (Å²) in [5.41, 5.74) is 1.37. The van der Waals surface area contributed by atoms with Crippen molar-refractivity contribution in [3.8, 4) is 0 Å². The number of Topliss-reactive ketones (excluding diaryl/α,β-unsaturated/α-hetero) is 1. The summed E-state index contributed by atoms with van der Waals surface area (Å²) in [5, 5.41) is 7.37. The number of sulfonamides is 1. The lowest BCUT2D eigenvalue weighted by molar-refractivity contribution is -0.114. The molecule has 0 spiro atoms. The second kappa shape index (κ2) is 10.1. The molecule has 3 heterocycles. The molecule has 5 rings (SSSR count). The monoisotopic (exact) mass is 531 g/mol. The van der Waals surface area contributed by atoms with Gasteiger partial charge >= 0.3 is 0 Å². The second-order valence-electron chi connectivity index (χ2n) is 8.82. The van der Waals surface area contributed by atoms with Crippen molar-refractivity contribution in [2.45, 2.75) is 43.7 Å². The van der Waals surface area contributed by atoms with Crippen LogP contribution in [0.4, 0.5) is 14.5 Å². The van der Waals surface area contributed by atoms with E-state index in [0.29, 0.717) is 29.8 Å². The fourth-order valence-corrected chi connectivity index (χ4v) is 6.27. The number of nitrogens with zero attached hydrogens (tertiary/aromatic N) is 5. The molecule has 1 fully saturated rings. The van der Waals surface area contributed by atoms with Gasteiger partial charge in [0, 0.05) is 12.6 Å². The maximum Gasteiger partial charge on any atom is 0.299 e. The summed E-state index contributed by atoms with van der Waals surface area (Å²) in [7, 11) is -3.98. The van der Waals surface area contributed by atoms with Crippen molar-refractivity contribution in [2.24, 2.45) is 0 Å². The third-order valence-corrected chi connectivity index (χ3v) is 8.34. The molecule has 0 saturated carbocycles. The zero-order valence-corrected chi connectivity index (χ0v) is 20.4. The smallest absolute Gasteiger partial charge is 0.299 e. The van der Waals surface area contributed by atoms with Gasteiger partial charge in [0.15, 0.2) is 6.80 Å². The number of ether oxygens (including phenoxy) is 1. The summed E-state index contributed by atoms with van der Waals surface area (Å²) in [5.74, 6) is -1.99. The number of carbonyl (C=O) groups is 2. The first kappa shape index (κ1) is 25.1. The van der Waals surface area contributed by atoms with E-state index < -0.39 is 40.4 Å². The highest BCUT2D eigenvalue weighted by Crippen LogP contribution is 2.34. The number of anilines is 1. The Bertz CT molecular complexity index is 1440. The number of benzene rings is 2. The maximum absolute atomic E-state index is 13.5. The Balaban J connectivity index is 1.31. The van der Waals surface area contributed by atoms with E-state index in [-0.39, 0.29) is 36.8 Å². The van der Waals surface area contributed by atoms with Gasteiger partial charge in [-0.25, -0.2) is 21.9 Å². The van der Waals surface area contributed by atoms with Crippen molar-refractivity contribution in [3.05, 3.63) is 71.3 Å². The largest absolute Gasteiger partial charge is 0.373 e. The van der Waals surface area contributed by atoms with E-state index in [1.165, 1.54) is 57.9 Å². The zero-order chi connectivity index (χ0) is 26.2. The van der Waals surface area contributed by atoms with Crippen molar-refractivity contribution < 1.29 is 31.5 Å². The van der Waals surface area contributed by atoms with Gasteiger partial charge in [-0.3, -0.25) is 9.59 Å². The molecule has 2 aliphatic rings. The quantitative estimate of drug-likeness (QED) is 0.390. The predicted molar refractivity (Wildman–Crippen MR) is 126 cm³/mol. The molecule has 0 bridgehead atoms. The summed E-state index contributed by atoms with van der Waals surface area (Å²) in [6.07, 6.45) is 2.63. The van der Waals surface area contributed by atoms with Gasteiger partial charge in [0.05, 0.1) is 42.1 Å². The third-order valence-electron chi connectivity index (χ3n) is 6.40. The normalized spacial score (nSPS) is 18.1. The second-order valence-corrected chi connectivity index (χ2v) is 10.7. The summed E-state index contributed by atoms with van der Waals surface area (Å²) in [6.45, 7) is -0.302. The Hall–Kier alpha value is -3.55. The summed E-state index contributed by atoms with van der Waals surface area (Å²) in [4.78, 5) is 26.5. The number of rotatable bonds is 9. The molecule has 1 aromatic heterocycles. The van der Waals surface area contributed by atoms with E-state index in [1.54, 1.807) is 0 Å². The Morgan fingerprint density at radius 3 is 2.62 bits per heavy atom. The molecule has 1 amide bonds. The van der Waals surface area contributed by atoms with Crippen LogP contribution in [0.25, 0.3) is 0 Å². The lowest BCUT2D eigenvalue weighted by Crippen LogP contribution is -2.38. The Kier molecular flexibility index (Phi) is 6.84. The topological polar surface area (TPSA) is 115 Å². The highest BCUT2D eigenvalue weighted by atomic mass is 32.2. The van der Waals surface area contributed by atoms with Crippen LogP contribution in [0.2, 0.25) is 0 Å². The summed E-state index contributed by atoms with van der Waals surface area (Å²) in [6, 6.07) is 9.19. The average molecular weight is 532 g/mol. The first-order valence-corrected chi connectivity index (χ1v) is 13.0. The maximum atomic E-state index is 13.5. The minimum atomic E-state index is -3.98. The number of aromatic nitrogens is 3. The molecule has 10 nitrogen and oxygen atoms in total. The standard InChI is InChI=1S/C24H23F2N5O5S/c25-15-29-12-18(27-28-29)13-36-14-19-2-1-9-31(19)37(34,35)20-7-8-22-21(10-20)23(32)24(33)30(22)11-16-3-5-17(26)6-4-16/h3-8,10,12,19H,1-2,9,11,13-15H2/t19-/m0/s1. The number of hydrogen-bond acceptors (Lipinski definition) is 7. The molecule has 3 aromatic rings. The number of carbonyl (C=O) groups excluding carboxylic acids is 2. The van der Waals surface area contributed by atoms with Crippen LogP contribution in [0.1, 0.15) is 34.5 Å². The molecule has 0 N–H and O–H groups in total. The molecule has 13 heteroatoms. The van der Waals surface area contributed by atoms with Crippen molar-refractivity contribution in [3.63, 3.8) is 0 Å². The van der Waals surface area contributed by atoms with Gasteiger partial charge in [-0.1, -0.05) is 17.3 Å². The van der Waals surface area contributed by atoms with Crippen LogP contribution in [0.5, 0.6) is 0 Å². The first-order chi connectivity index (χ1) is 17.8. The van der Waals surface area contributed by atoms with Crippen molar-refractivity contribution >= 4 is 27.4 Å². The van der Waals surface area contributed by atoms with Crippen LogP contribution in [-0.2, 0) is 39.5 Å². The van der Waals surface area contributed by atoms with Crippen molar-refractivity contribution in [1.82, 2.24) is 19.3 Å². The molecular weight excluding hydrogens is 508 g/mol. The molecule has 0 radical (unpaired) electrons. The number of hydrogen-bond donors (Lipinski definition) is 0. The number of amides is 1. The molecule has 194 valence electrons. The van der Waals surface area contributed by atoms with Gasteiger partial charge in [0.25, 0.3) is 11.7 Å². The van der Waals surface area contributed by atoms with Gasteiger partial charge in [-0.15, -0.1) is 5.10 Å². The minimum Gasteiger partial charge on any atom is -0.373 e. The molecule has 1 atom stereocenters. The first-order valence-electron chi connectivity index (χ1n) is 11.6. The van der Waals surface area contributed by atoms with E-state index in [4.69, 9.17) is 4.74 Å². The van der Waals surface area contributed by atoms with Gasteiger partial charge in [0.1, 0.15) is 11.5 Å². The molecule has 1 saturated heterocycles. The van der Waals surface area contributed by atoms with E-state index in [9.17, 15) is 26.8 Å². The molecule has 0 aliphatic carbocycles. The number of fused-ring (bicyclic) bond motifs is 1. The highest BCUT2D eigenvalue weighted by molar-refractivity contribution is 7.89. The zero-order valence-electron chi connectivity index (χ0n) is 19.6. The summed E-state index contributed by atoms with van der Waals surface area (Å²) >= 11 is 0. The van der Waals surface area contributed by atoms with Crippen LogP contribution in [0, 0.1) is 5.82 Å². The van der Waals surface area contributed by atoms with Gasteiger partial charge in [0.2, 0.25) is 10.0 Å². The van der Waals surface area contributed by atoms with Crippen LogP contribution in [-0.4, -0.2) is 58.6 Å². The lowest BCUT2D eigenvalue weighted by atomic mass is 10.1. The van der Waals surface area contributed by atoms with E-state index in [0.717, 1.165) is 4.68 Å². The van der Waals surface area contributed by atoms with Crippen LogP contribution >= 0.6 is 0 Å². The van der Waals surface area contributed by atoms with E-state index in [2.05, 4.69) is 10.3 Å². The van der Waals surface area contributed by atoms with Crippen LogP contribution in [0.15, 0.2) is 53.6 Å². The highest BCUT2D eigenvalue weighted by Gasteiger charge is 2.39. The van der Waals surface area contributed by atoms with Gasteiger partial charge in [-0.05, 0) is 48.7 Å². The fraction of sp³-hybridized carbons (Fsp3) is 0.333. The number of ketones is 1. The van der Waals surface area contributed by atoms with Crippen molar-refractivity contribution in [2.75, 3.05) is 18.1 Å². The average Bonchev–Trinajstić information content (AvgIpc) is 3.61.